The number of imidazole rings is 1. The largest absolute Gasteiger partial charge is 0.378 e. The lowest BCUT2D eigenvalue weighted by Crippen LogP contribution is -2.19. The Morgan fingerprint density at radius 3 is 2.76 bits per heavy atom. The van der Waals surface area contributed by atoms with Gasteiger partial charge in [0.05, 0.1) is 29.1 Å². The van der Waals surface area contributed by atoms with Gasteiger partial charge in [-0.1, -0.05) is 17.7 Å². The Morgan fingerprint density at radius 2 is 2.10 bits per heavy atom. The fourth-order valence-corrected chi connectivity index (χ4v) is 2.55. The van der Waals surface area contributed by atoms with E-state index in [1.54, 1.807) is 0 Å². The van der Waals surface area contributed by atoms with Crippen LogP contribution in [-0.4, -0.2) is 48.3 Å². The van der Waals surface area contributed by atoms with Crippen molar-refractivity contribution in [3.63, 3.8) is 0 Å². The number of halogens is 2. The summed E-state index contributed by atoms with van der Waals surface area (Å²) in [5, 5.41) is 0.480. The highest BCUT2D eigenvalue weighted by Crippen LogP contribution is 2.28. The average molecular weight is 330 g/mol. The van der Waals surface area contributed by atoms with Crippen LogP contribution >= 0.6 is 23.2 Å². The quantitative estimate of drug-likeness (QED) is 0.574. The van der Waals surface area contributed by atoms with Gasteiger partial charge in [0, 0.05) is 13.1 Å². The highest BCUT2D eigenvalue weighted by atomic mass is 35.5. The number of para-hydroxylation sites is 1. The van der Waals surface area contributed by atoms with Crippen LogP contribution in [0, 0.1) is 0 Å². The lowest BCUT2D eigenvalue weighted by atomic mass is 10.3. The van der Waals surface area contributed by atoms with E-state index in [1.165, 1.54) is 0 Å². The molecule has 1 unspecified atom stereocenters. The Labute approximate surface area is 135 Å². The van der Waals surface area contributed by atoms with Crippen molar-refractivity contribution in [2.45, 2.75) is 18.8 Å². The van der Waals surface area contributed by atoms with Gasteiger partial charge in [0.2, 0.25) is 0 Å². The second kappa shape index (κ2) is 7.45. The van der Waals surface area contributed by atoms with Crippen LogP contribution < -0.4 is 0 Å². The number of likely N-dealkylation sites (N-methyl/N-ethyl adjacent to an activating group) is 1. The van der Waals surface area contributed by atoms with Gasteiger partial charge < -0.3 is 14.2 Å². The lowest BCUT2D eigenvalue weighted by Gasteiger charge is -2.12. The van der Waals surface area contributed by atoms with E-state index in [0.717, 1.165) is 29.9 Å². The molecular formula is C15H21Cl2N3O. The number of benzene rings is 1. The molecule has 1 atom stereocenters. The number of rotatable bonds is 7. The number of hydrogen-bond donors (Lipinski definition) is 0. The van der Waals surface area contributed by atoms with Gasteiger partial charge in [0.25, 0.3) is 0 Å². The molecule has 4 nitrogen and oxygen atoms in total. The standard InChI is InChI=1S/C15H21Cl2N3O/c1-11(16)15-18-14-12(17)5-4-6-13(14)20(15)8-10-21-9-7-19(2)3/h4-6,11H,7-10H2,1-3H3. The van der Waals surface area contributed by atoms with Crippen LogP contribution in [0.4, 0.5) is 0 Å². The molecule has 2 aromatic rings. The number of nitrogens with zero attached hydrogens (tertiary/aromatic N) is 3. The molecule has 0 bridgehead atoms. The van der Waals surface area contributed by atoms with Gasteiger partial charge in [-0.05, 0) is 33.2 Å². The third-order valence-corrected chi connectivity index (χ3v) is 3.76. The minimum Gasteiger partial charge on any atom is -0.378 e. The molecular weight excluding hydrogens is 309 g/mol. The molecule has 116 valence electrons. The molecule has 1 heterocycles. The number of aromatic nitrogens is 2. The molecule has 2 rings (SSSR count). The Kier molecular flexibility index (Phi) is 5.88. The third kappa shape index (κ3) is 4.10. The van der Waals surface area contributed by atoms with Crippen LogP contribution in [0.3, 0.4) is 0 Å². The SMILES string of the molecule is CC(Cl)c1nc2c(Cl)cccc2n1CCOCCN(C)C. The molecule has 0 fully saturated rings. The Hall–Kier alpha value is -0.810. The summed E-state index contributed by atoms with van der Waals surface area (Å²) < 4.78 is 7.76. The van der Waals surface area contributed by atoms with Crippen molar-refractivity contribution in [1.29, 1.82) is 0 Å². The highest BCUT2D eigenvalue weighted by Gasteiger charge is 2.16. The highest BCUT2D eigenvalue weighted by molar-refractivity contribution is 6.35. The Balaban J connectivity index is 2.13. The van der Waals surface area contributed by atoms with E-state index in [0.29, 0.717) is 18.2 Å². The lowest BCUT2D eigenvalue weighted by molar-refractivity contribution is 0.111. The monoisotopic (exact) mass is 329 g/mol. The van der Waals surface area contributed by atoms with Crippen LogP contribution in [0.2, 0.25) is 5.02 Å². The van der Waals surface area contributed by atoms with Crippen molar-refractivity contribution in [1.82, 2.24) is 14.5 Å². The van der Waals surface area contributed by atoms with Crippen LogP contribution in [0.5, 0.6) is 0 Å². The van der Waals surface area contributed by atoms with Gasteiger partial charge in [0.15, 0.2) is 0 Å². The van der Waals surface area contributed by atoms with Crippen molar-refractivity contribution < 1.29 is 4.74 Å². The van der Waals surface area contributed by atoms with E-state index in [2.05, 4.69) is 14.5 Å². The molecule has 0 aliphatic rings. The zero-order chi connectivity index (χ0) is 15.4. The molecule has 1 aromatic carbocycles. The Morgan fingerprint density at radius 1 is 1.33 bits per heavy atom. The summed E-state index contributed by atoms with van der Waals surface area (Å²) in [5.74, 6) is 0.830. The Bertz CT molecular complexity index is 596. The molecule has 21 heavy (non-hydrogen) atoms. The molecule has 6 heteroatoms. The smallest absolute Gasteiger partial charge is 0.127 e. The van der Waals surface area contributed by atoms with Gasteiger partial charge in [-0.3, -0.25) is 0 Å². The van der Waals surface area contributed by atoms with Gasteiger partial charge in [-0.2, -0.15) is 0 Å². The van der Waals surface area contributed by atoms with Crippen LogP contribution in [-0.2, 0) is 11.3 Å². The van der Waals surface area contributed by atoms with E-state index >= 15 is 0 Å². The first-order chi connectivity index (χ1) is 10.0. The van der Waals surface area contributed by atoms with E-state index in [9.17, 15) is 0 Å². The normalized spacial score (nSPS) is 13.2. The predicted molar refractivity (Wildman–Crippen MR) is 88.4 cm³/mol. The average Bonchev–Trinajstić information content (AvgIpc) is 2.79. The van der Waals surface area contributed by atoms with Gasteiger partial charge >= 0.3 is 0 Å². The number of hydrogen-bond acceptors (Lipinski definition) is 3. The van der Waals surface area contributed by atoms with Crippen LogP contribution in [0.25, 0.3) is 11.0 Å². The van der Waals surface area contributed by atoms with Crippen molar-refractivity contribution in [3.8, 4) is 0 Å². The first-order valence-electron chi connectivity index (χ1n) is 7.02. The van der Waals surface area contributed by atoms with E-state index in [4.69, 9.17) is 27.9 Å². The van der Waals surface area contributed by atoms with Crippen molar-refractivity contribution in [3.05, 3.63) is 29.0 Å². The molecule has 0 N–H and O–H groups in total. The summed E-state index contributed by atoms with van der Waals surface area (Å²) >= 11 is 12.4. The second-order valence-corrected chi connectivity index (χ2v) is 6.32. The summed E-state index contributed by atoms with van der Waals surface area (Å²) in [7, 11) is 4.06. The minimum atomic E-state index is -0.171. The molecule has 0 aliphatic heterocycles. The predicted octanol–water partition coefficient (Wildman–Crippen LogP) is 3.57. The zero-order valence-corrected chi connectivity index (χ0v) is 14.2. The van der Waals surface area contributed by atoms with Crippen LogP contribution in [0.1, 0.15) is 18.1 Å². The number of fused-ring (bicyclic) bond motifs is 1. The topological polar surface area (TPSA) is 30.3 Å². The summed E-state index contributed by atoms with van der Waals surface area (Å²) in [6, 6.07) is 5.78. The van der Waals surface area contributed by atoms with Gasteiger partial charge in [-0.15, -0.1) is 11.6 Å². The molecule has 0 saturated heterocycles. The molecule has 0 radical (unpaired) electrons. The fraction of sp³-hybridized carbons (Fsp3) is 0.533. The van der Waals surface area contributed by atoms with E-state index < -0.39 is 0 Å². The zero-order valence-electron chi connectivity index (χ0n) is 12.6. The molecule has 1 aromatic heterocycles. The maximum atomic E-state index is 6.24. The number of alkyl halides is 1. The van der Waals surface area contributed by atoms with Crippen molar-refractivity contribution in [2.75, 3.05) is 33.9 Å². The summed E-state index contributed by atoms with van der Waals surface area (Å²) in [4.78, 5) is 6.67. The maximum Gasteiger partial charge on any atom is 0.127 e. The molecule has 0 saturated carbocycles. The molecule has 0 aliphatic carbocycles. The minimum absolute atomic E-state index is 0.171. The first-order valence-corrected chi connectivity index (χ1v) is 7.83. The summed E-state index contributed by atoms with van der Waals surface area (Å²) in [5.41, 5.74) is 1.80. The second-order valence-electron chi connectivity index (χ2n) is 5.26. The van der Waals surface area contributed by atoms with E-state index in [-0.39, 0.29) is 5.38 Å². The van der Waals surface area contributed by atoms with E-state index in [1.807, 2.05) is 39.2 Å². The molecule has 0 spiro atoms. The van der Waals surface area contributed by atoms with Crippen molar-refractivity contribution in [2.24, 2.45) is 0 Å². The summed E-state index contributed by atoms with van der Waals surface area (Å²) in [6.07, 6.45) is 0. The van der Waals surface area contributed by atoms with Crippen molar-refractivity contribution >= 4 is 34.2 Å². The third-order valence-electron chi connectivity index (χ3n) is 3.26. The van der Waals surface area contributed by atoms with Crippen LogP contribution in [0.15, 0.2) is 18.2 Å². The van der Waals surface area contributed by atoms with Gasteiger partial charge in [-0.25, -0.2) is 4.98 Å². The fourth-order valence-electron chi connectivity index (χ4n) is 2.17. The maximum absolute atomic E-state index is 6.24. The summed E-state index contributed by atoms with van der Waals surface area (Å²) in [6.45, 7) is 4.89. The number of ether oxygens (including phenoxy) is 1. The van der Waals surface area contributed by atoms with Gasteiger partial charge in [0.1, 0.15) is 11.3 Å². The molecule has 0 amide bonds. The first kappa shape index (κ1) is 16.6.